The Kier molecular flexibility index (Phi) is 3.64. The van der Waals surface area contributed by atoms with E-state index in [9.17, 15) is 8.42 Å². The van der Waals surface area contributed by atoms with Gasteiger partial charge in [0.05, 0.1) is 10.5 Å². The summed E-state index contributed by atoms with van der Waals surface area (Å²) < 4.78 is 77.0. The van der Waals surface area contributed by atoms with Crippen molar-refractivity contribution in [2.75, 3.05) is 0 Å². The van der Waals surface area contributed by atoms with Gasteiger partial charge in [0, 0.05) is 8.22 Å². The summed E-state index contributed by atoms with van der Waals surface area (Å²) in [5, 5.41) is 0. The van der Waals surface area contributed by atoms with Gasteiger partial charge in [0.25, 0.3) is 10.1 Å². The van der Waals surface area contributed by atoms with E-state index in [1.165, 1.54) is 24.3 Å². The van der Waals surface area contributed by atoms with Crippen molar-refractivity contribution >= 4 is 10.1 Å². The molecule has 3 nitrogen and oxygen atoms in total. The Balaban J connectivity index is 3.37. The van der Waals surface area contributed by atoms with Crippen molar-refractivity contribution in [2.24, 2.45) is 0 Å². The lowest BCUT2D eigenvalue weighted by Crippen LogP contribution is -2.28. The van der Waals surface area contributed by atoms with Crippen molar-refractivity contribution < 1.29 is 20.8 Å². The zero-order chi connectivity index (χ0) is 21.1. The zero-order valence-corrected chi connectivity index (χ0v) is 13.5. The van der Waals surface area contributed by atoms with Gasteiger partial charge in [0.15, 0.2) is 0 Å². The standard InChI is InChI=1S/C17H26O3S/c1-6-14(2)8-7-13-17(4,5)20-21(18,19)16-11-9-15(3)10-12-16/h6,9-12H,7-8,13H2,1-5H3/b14-6+/i4D3,5D3. The molecule has 0 heterocycles. The molecule has 0 N–H and O–H groups in total. The fraction of sp³-hybridized carbons (Fsp3) is 0.529. The second-order valence-corrected chi connectivity index (χ2v) is 6.71. The summed E-state index contributed by atoms with van der Waals surface area (Å²) in [7, 11) is -4.59. The number of allylic oxidation sites excluding steroid dienone is 2. The van der Waals surface area contributed by atoms with E-state index in [0.717, 1.165) is 11.1 Å². The quantitative estimate of drug-likeness (QED) is 0.545. The van der Waals surface area contributed by atoms with Gasteiger partial charge >= 0.3 is 0 Å². The predicted octanol–water partition coefficient (Wildman–Crippen LogP) is 4.62. The van der Waals surface area contributed by atoms with Crippen LogP contribution >= 0.6 is 0 Å². The highest BCUT2D eigenvalue weighted by molar-refractivity contribution is 7.86. The number of benzene rings is 1. The zero-order valence-electron chi connectivity index (χ0n) is 18.6. The molecule has 0 fully saturated rings. The summed E-state index contributed by atoms with van der Waals surface area (Å²) in [6.07, 6.45) is 1.99. The Hall–Kier alpha value is -1.13. The van der Waals surface area contributed by atoms with Gasteiger partial charge in [-0.25, -0.2) is 0 Å². The van der Waals surface area contributed by atoms with Crippen LogP contribution in [0.25, 0.3) is 0 Å². The summed E-state index contributed by atoms with van der Waals surface area (Å²) >= 11 is 0. The Morgan fingerprint density at radius 1 is 1.33 bits per heavy atom. The lowest BCUT2D eigenvalue weighted by Gasteiger charge is -2.24. The average Bonchev–Trinajstić information content (AvgIpc) is 2.51. The van der Waals surface area contributed by atoms with Crippen LogP contribution in [0.2, 0.25) is 0 Å². The maximum Gasteiger partial charge on any atom is 0.297 e. The molecule has 0 spiro atoms. The molecule has 0 saturated carbocycles. The van der Waals surface area contributed by atoms with Gasteiger partial charge in [-0.3, -0.25) is 4.18 Å². The van der Waals surface area contributed by atoms with Crippen molar-refractivity contribution in [3.63, 3.8) is 0 Å². The highest BCUT2D eigenvalue weighted by atomic mass is 32.2. The number of aryl methyl sites for hydroxylation is 1. The van der Waals surface area contributed by atoms with E-state index in [0.29, 0.717) is 6.42 Å². The largest absolute Gasteiger partial charge is 0.297 e. The van der Waals surface area contributed by atoms with Crippen LogP contribution in [0.4, 0.5) is 0 Å². The predicted molar refractivity (Wildman–Crippen MR) is 86.8 cm³/mol. The summed E-state index contributed by atoms with van der Waals surface area (Å²) in [5.74, 6) is 0. The maximum absolute atomic E-state index is 12.7. The van der Waals surface area contributed by atoms with Crippen LogP contribution in [0.1, 0.15) is 60.6 Å². The lowest BCUT2D eigenvalue weighted by molar-refractivity contribution is 0.105. The second kappa shape index (κ2) is 7.23. The normalized spacial score (nSPS) is 18.9. The first-order valence-electron chi connectivity index (χ1n) is 9.80. The summed E-state index contributed by atoms with van der Waals surface area (Å²) in [5.41, 5.74) is -1.08. The van der Waals surface area contributed by atoms with Crippen LogP contribution < -0.4 is 0 Å². The van der Waals surface area contributed by atoms with Crippen molar-refractivity contribution in [1.82, 2.24) is 0 Å². The first-order valence-corrected chi connectivity index (χ1v) is 8.21. The van der Waals surface area contributed by atoms with Crippen LogP contribution in [-0.2, 0) is 14.3 Å². The van der Waals surface area contributed by atoms with E-state index in [4.69, 9.17) is 12.4 Å². The SMILES string of the molecule is [2H]C([2H])([2H])C(CCC/C(C)=C/C)(OS(=O)(=O)c1ccc(C)cc1)C([2H])([2H])[2H]. The second-order valence-electron chi connectivity index (χ2n) is 5.17. The van der Waals surface area contributed by atoms with Crippen molar-refractivity contribution in [2.45, 2.75) is 64.2 Å². The molecule has 0 aliphatic carbocycles. The summed E-state index contributed by atoms with van der Waals surface area (Å²) in [6.45, 7) is -0.930. The molecule has 118 valence electrons. The Bertz CT molecular complexity index is 747. The van der Waals surface area contributed by atoms with Gasteiger partial charge in [-0.15, -0.1) is 0 Å². The molecule has 0 aromatic heterocycles. The third-order valence-electron chi connectivity index (χ3n) is 3.15. The molecular weight excluding hydrogens is 284 g/mol. The molecule has 0 amide bonds. The van der Waals surface area contributed by atoms with E-state index in [1.807, 2.05) is 19.9 Å². The van der Waals surface area contributed by atoms with Crippen LogP contribution in [-0.4, -0.2) is 14.0 Å². The average molecular weight is 316 g/mol. The minimum atomic E-state index is -4.59. The van der Waals surface area contributed by atoms with Gasteiger partial charge < -0.3 is 0 Å². The molecule has 0 radical (unpaired) electrons. The Morgan fingerprint density at radius 2 is 1.95 bits per heavy atom. The highest BCUT2D eigenvalue weighted by Gasteiger charge is 2.27. The Morgan fingerprint density at radius 3 is 2.48 bits per heavy atom. The fourth-order valence-corrected chi connectivity index (χ4v) is 2.77. The third kappa shape index (κ3) is 6.02. The van der Waals surface area contributed by atoms with Crippen LogP contribution in [0.3, 0.4) is 0 Å². The van der Waals surface area contributed by atoms with Crippen molar-refractivity contribution in [3.8, 4) is 0 Å². The first kappa shape index (κ1) is 10.6. The molecule has 0 aliphatic heterocycles. The van der Waals surface area contributed by atoms with Gasteiger partial charge in [-0.05, 0) is 65.9 Å². The fourth-order valence-electron chi connectivity index (χ4n) is 1.74. The van der Waals surface area contributed by atoms with E-state index >= 15 is 0 Å². The Labute approximate surface area is 137 Å². The molecule has 1 aromatic rings. The van der Waals surface area contributed by atoms with Crippen molar-refractivity contribution in [3.05, 3.63) is 41.5 Å². The van der Waals surface area contributed by atoms with Crippen LogP contribution in [0.5, 0.6) is 0 Å². The third-order valence-corrected chi connectivity index (χ3v) is 4.51. The smallest absolute Gasteiger partial charge is 0.260 e. The molecule has 1 aromatic carbocycles. The first-order chi connectivity index (χ1) is 12.2. The molecule has 1 rings (SSSR count). The topological polar surface area (TPSA) is 43.4 Å². The van der Waals surface area contributed by atoms with Gasteiger partial charge in [-0.1, -0.05) is 29.3 Å². The number of rotatable bonds is 7. The molecule has 21 heavy (non-hydrogen) atoms. The van der Waals surface area contributed by atoms with E-state index in [2.05, 4.69) is 0 Å². The highest BCUT2D eigenvalue weighted by Crippen LogP contribution is 2.25. The lowest BCUT2D eigenvalue weighted by atomic mass is 9.99. The minimum Gasteiger partial charge on any atom is -0.260 e. The molecular formula is C17H26O3S. The van der Waals surface area contributed by atoms with Gasteiger partial charge in [0.1, 0.15) is 0 Å². The molecule has 0 atom stereocenters. The molecule has 0 bridgehead atoms. The van der Waals surface area contributed by atoms with E-state index < -0.39 is 35.8 Å². The monoisotopic (exact) mass is 316 g/mol. The van der Waals surface area contributed by atoms with Crippen LogP contribution in [0, 0.1) is 6.92 Å². The maximum atomic E-state index is 12.7. The van der Waals surface area contributed by atoms with Gasteiger partial charge in [0.2, 0.25) is 0 Å². The molecule has 0 aliphatic rings. The van der Waals surface area contributed by atoms with Crippen LogP contribution in [0.15, 0.2) is 40.8 Å². The molecule has 0 unspecified atom stereocenters. The van der Waals surface area contributed by atoms with E-state index in [1.54, 1.807) is 6.92 Å². The molecule has 4 heteroatoms. The number of hydrogen-bond acceptors (Lipinski definition) is 3. The van der Waals surface area contributed by atoms with E-state index in [-0.39, 0.29) is 11.3 Å². The summed E-state index contributed by atoms with van der Waals surface area (Å²) in [4.78, 5) is -0.282. The molecule has 0 saturated heterocycles. The van der Waals surface area contributed by atoms with Gasteiger partial charge in [-0.2, -0.15) is 8.42 Å². The summed E-state index contributed by atoms with van der Waals surface area (Å²) in [6, 6.07) is 5.58. The minimum absolute atomic E-state index is 0.163. The van der Waals surface area contributed by atoms with Crippen molar-refractivity contribution in [1.29, 1.82) is 0 Å². The number of hydrogen-bond donors (Lipinski definition) is 0.